The predicted molar refractivity (Wildman–Crippen MR) is 66.9 cm³/mol. The topological polar surface area (TPSA) is 38.7 Å². The van der Waals surface area contributed by atoms with Gasteiger partial charge in [-0.1, -0.05) is 30.3 Å². The van der Waals surface area contributed by atoms with Crippen molar-refractivity contribution < 1.29 is 9.53 Å². The molecule has 1 aromatic rings. The van der Waals surface area contributed by atoms with Gasteiger partial charge in [-0.05, 0) is 33.3 Å². The number of cyclic esters (lactones) is 1. The van der Waals surface area contributed by atoms with Gasteiger partial charge in [0.15, 0.2) is 5.72 Å². The van der Waals surface area contributed by atoms with Gasteiger partial charge in [0, 0.05) is 0 Å². The van der Waals surface area contributed by atoms with Gasteiger partial charge in [-0.3, -0.25) is 4.79 Å². The Hall–Kier alpha value is -1.64. The van der Waals surface area contributed by atoms with Gasteiger partial charge >= 0.3 is 5.97 Å². The number of rotatable bonds is 1. The van der Waals surface area contributed by atoms with Crippen LogP contribution in [0.5, 0.6) is 0 Å². The van der Waals surface area contributed by atoms with E-state index in [1.165, 1.54) is 0 Å². The quantitative estimate of drug-likeness (QED) is 0.697. The molecule has 1 aliphatic heterocycles. The van der Waals surface area contributed by atoms with Gasteiger partial charge < -0.3 is 4.74 Å². The first-order valence-corrected chi connectivity index (χ1v) is 5.72. The maximum absolute atomic E-state index is 12.0. The van der Waals surface area contributed by atoms with E-state index in [-0.39, 0.29) is 5.97 Å². The average molecular weight is 231 g/mol. The highest BCUT2D eigenvalue weighted by molar-refractivity contribution is 6.16. The molecule has 0 bridgehead atoms. The first-order valence-electron chi connectivity index (χ1n) is 5.72. The van der Waals surface area contributed by atoms with Gasteiger partial charge in [0.05, 0.1) is 5.71 Å². The zero-order valence-corrected chi connectivity index (χ0v) is 10.7. The lowest BCUT2D eigenvalue weighted by atomic mass is 9.82. The van der Waals surface area contributed by atoms with Crippen molar-refractivity contribution in [3.63, 3.8) is 0 Å². The van der Waals surface area contributed by atoms with Crippen molar-refractivity contribution in [2.24, 2.45) is 10.4 Å². The number of carbonyl (C=O) groups is 1. The molecule has 3 heteroatoms. The molecule has 0 fully saturated rings. The van der Waals surface area contributed by atoms with Crippen molar-refractivity contribution in [3.8, 4) is 0 Å². The molecule has 1 aliphatic rings. The van der Waals surface area contributed by atoms with Crippen molar-refractivity contribution in [1.29, 1.82) is 0 Å². The molecule has 90 valence electrons. The molecule has 0 saturated carbocycles. The molecular weight excluding hydrogens is 214 g/mol. The summed E-state index contributed by atoms with van der Waals surface area (Å²) in [4.78, 5) is 16.6. The SMILES string of the molecule is CC1(C)N=C(c2ccccc2)C(C)(C)C(=O)O1. The molecule has 1 aromatic carbocycles. The second-order valence-electron chi connectivity index (χ2n) is 5.29. The summed E-state index contributed by atoms with van der Waals surface area (Å²) >= 11 is 0. The Bertz CT molecular complexity index is 472. The fraction of sp³-hybridized carbons (Fsp3) is 0.429. The number of esters is 1. The summed E-state index contributed by atoms with van der Waals surface area (Å²) in [6.07, 6.45) is 0. The summed E-state index contributed by atoms with van der Waals surface area (Å²) in [5.74, 6) is -0.226. The standard InChI is InChI=1S/C14H17NO2/c1-13(2)11(10-8-6-5-7-9-10)15-14(3,4)17-12(13)16/h5-9H,1-4H3. The lowest BCUT2D eigenvalue weighted by molar-refractivity contribution is -0.165. The van der Waals surface area contributed by atoms with Gasteiger partial charge in [0.2, 0.25) is 0 Å². The van der Waals surface area contributed by atoms with Crippen LogP contribution in [0, 0.1) is 5.41 Å². The zero-order valence-electron chi connectivity index (χ0n) is 10.7. The number of aliphatic imine (C=N–C) groups is 1. The van der Waals surface area contributed by atoms with Gasteiger partial charge in [-0.25, -0.2) is 4.99 Å². The molecule has 0 saturated heterocycles. The van der Waals surface area contributed by atoms with E-state index in [2.05, 4.69) is 4.99 Å². The molecule has 1 heterocycles. The van der Waals surface area contributed by atoms with Crippen LogP contribution in [0.25, 0.3) is 0 Å². The maximum atomic E-state index is 12.0. The summed E-state index contributed by atoms with van der Waals surface area (Å²) in [6, 6.07) is 9.77. The highest BCUT2D eigenvalue weighted by Crippen LogP contribution is 2.33. The summed E-state index contributed by atoms with van der Waals surface area (Å²) in [7, 11) is 0. The third kappa shape index (κ3) is 2.09. The second kappa shape index (κ2) is 3.69. The Morgan fingerprint density at radius 3 is 2.24 bits per heavy atom. The van der Waals surface area contributed by atoms with Crippen LogP contribution in [0.2, 0.25) is 0 Å². The number of benzene rings is 1. The Balaban J connectivity index is 2.56. The Morgan fingerprint density at radius 2 is 1.65 bits per heavy atom. The van der Waals surface area contributed by atoms with Crippen LogP contribution in [0.3, 0.4) is 0 Å². The first-order chi connectivity index (χ1) is 7.83. The molecule has 0 spiro atoms. The summed E-state index contributed by atoms with van der Waals surface area (Å²) < 4.78 is 5.31. The second-order valence-corrected chi connectivity index (χ2v) is 5.29. The van der Waals surface area contributed by atoms with Crippen LogP contribution in [0.4, 0.5) is 0 Å². The minimum Gasteiger partial charge on any atom is -0.437 e. The molecule has 0 unspecified atom stereocenters. The predicted octanol–water partition coefficient (Wildman–Crippen LogP) is 2.79. The smallest absolute Gasteiger partial charge is 0.319 e. The minimum atomic E-state index is -0.780. The number of carbonyl (C=O) groups excluding carboxylic acids is 1. The van der Waals surface area contributed by atoms with Crippen LogP contribution >= 0.6 is 0 Å². The number of hydrogen-bond acceptors (Lipinski definition) is 3. The normalized spacial score (nSPS) is 21.6. The van der Waals surface area contributed by atoms with E-state index in [9.17, 15) is 4.79 Å². The van der Waals surface area contributed by atoms with Crippen molar-refractivity contribution in [2.45, 2.75) is 33.4 Å². The van der Waals surface area contributed by atoms with Gasteiger partial charge in [0.1, 0.15) is 5.41 Å². The van der Waals surface area contributed by atoms with E-state index < -0.39 is 11.1 Å². The first kappa shape index (κ1) is 11.8. The van der Waals surface area contributed by atoms with Crippen LogP contribution in [-0.4, -0.2) is 17.4 Å². The molecule has 0 amide bonds. The van der Waals surface area contributed by atoms with Crippen LogP contribution in [0.1, 0.15) is 33.3 Å². The number of ether oxygens (including phenoxy) is 1. The van der Waals surface area contributed by atoms with E-state index in [0.717, 1.165) is 11.3 Å². The lowest BCUT2D eigenvalue weighted by Gasteiger charge is -2.36. The van der Waals surface area contributed by atoms with E-state index in [4.69, 9.17) is 4.74 Å². The number of nitrogens with zero attached hydrogens (tertiary/aromatic N) is 1. The van der Waals surface area contributed by atoms with Gasteiger partial charge in [-0.2, -0.15) is 0 Å². The lowest BCUT2D eigenvalue weighted by Crippen LogP contribution is -2.46. The molecule has 2 rings (SSSR count). The van der Waals surface area contributed by atoms with Gasteiger partial charge in [-0.15, -0.1) is 0 Å². The monoisotopic (exact) mass is 231 g/mol. The molecule has 0 atom stereocenters. The largest absolute Gasteiger partial charge is 0.437 e. The molecule has 0 radical (unpaired) electrons. The van der Waals surface area contributed by atoms with Crippen LogP contribution in [0.15, 0.2) is 35.3 Å². The van der Waals surface area contributed by atoms with E-state index in [1.54, 1.807) is 13.8 Å². The highest BCUT2D eigenvalue weighted by Gasteiger charge is 2.44. The molecule has 0 aromatic heterocycles. The Labute approximate surface area is 102 Å². The van der Waals surface area contributed by atoms with Crippen molar-refractivity contribution in [1.82, 2.24) is 0 Å². The maximum Gasteiger partial charge on any atom is 0.319 e. The van der Waals surface area contributed by atoms with Gasteiger partial charge in [0.25, 0.3) is 0 Å². The molecule has 0 N–H and O–H groups in total. The minimum absolute atomic E-state index is 0.226. The molecule has 3 nitrogen and oxygen atoms in total. The number of hydrogen-bond donors (Lipinski definition) is 0. The van der Waals surface area contributed by atoms with Crippen LogP contribution in [-0.2, 0) is 9.53 Å². The fourth-order valence-electron chi connectivity index (χ4n) is 1.90. The van der Waals surface area contributed by atoms with Crippen LogP contribution < -0.4 is 0 Å². The molecular formula is C14H17NO2. The molecule has 0 aliphatic carbocycles. The third-order valence-electron chi connectivity index (χ3n) is 2.87. The Morgan fingerprint density at radius 1 is 1.06 bits per heavy atom. The fourth-order valence-corrected chi connectivity index (χ4v) is 1.90. The summed E-state index contributed by atoms with van der Waals surface area (Å²) in [6.45, 7) is 7.28. The van der Waals surface area contributed by atoms with E-state index in [0.29, 0.717) is 0 Å². The highest BCUT2D eigenvalue weighted by atomic mass is 16.6. The van der Waals surface area contributed by atoms with E-state index in [1.807, 2.05) is 44.2 Å². The van der Waals surface area contributed by atoms with E-state index >= 15 is 0 Å². The summed E-state index contributed by atoms with van der Waals surface area (Å²) in [5.41, 5.74) is 0.288. The zero-order chi connectivity index (χ0) is 12.7. The third-order valence-corrected chi connectivity index (χ3v) is 2.87. The summed E-state index contributed by atoms with van der Waals surface area (Å²) in [5, 5.41) is 0. The van der Waals surface area contributed by atoms with Crippen molar-refractivity contribution in [2.75, 3.05) is 0 Å². The van der Waals surface area contributed by atoms with Crippen molar-refractivity contribution in [3.05, 3.63) is 35.9 Å². The Kier molecular flexibility index (Phi) is 2.57. The van der Waals surface area contributed by atoms with Crippen molar-refractivity contribution >= 4 is 11.7 Å². The molecule has 17 heavy (non-hydrogen) atoms. The average Bonchev–Trinajstić information content (AvgIpc) is 2.25.